The number of benzene rings is 9. The van der Waals surface area contributed by atoms with Crippen molar-refractivity contribution in [2.45, 2.75) is 0 Å². The number of anilines is 9. The Labute approximate surface area is 353 Å². The summed E-state index contributed by atoms with van der Waals surface area (Å²) >= 11 is 0. The first-order valence-corrected chi connectivity index (χ1v) is 19.2. The maximum Gasteiger partial charge on any atom is 0.0461 e. The molecule has 9 aromatic carbocycles. The Morgan fingerprint density at radius 1 is 0.138 bits per heavy atom. The summed E-state index contributed by atoms with van der Waals surface area (Å²) in [5.41, 5.74) is 10.5. The predicted octanol–water partition coefficient (Wildman–Crippen LogP) is 15.5. The first-order chi connectivity index (χ1) is 28.3. The van der Waals surface area contributed by atoms with Crippen molar-refractivity contribution in [3.8, 4) is 0 Å². The van der Waals surface area contributed by atoms with E-state index in [2.05, 4.69) is 233 Å². The van der Waals surface area contributed by atoms with Gasteiger partial charge in [-0.2, -0.15) is 0 Å². The van der Waals surface area contributed by atoms with Gasteiger partial charge in [-0.05, 0) is 109 Å². The summed E-state index contributed by atoms with van der Waals surface area (Å²) in [5, 5.41) is 0. The van der Waals surface area contributed by atoms with Gasteiger partial charge < -0.3 is 14.7 Å². The molecular weight excluding hydrogens is 749 g/mol. The fraction of sp³-hybridized carbons (Fsp3) is 0. The second-order valence-electron chi connectivity index (χ2n) is 13.0. The first kappa shape index (κ1) is 40.5. The quantitative estimate of drug-likeness (QED) is 0.135. The van der Waals surface area contributed by atoms with E-state index in [0.717, 1.165) is 0 Å². The molecule has 0 aliphatic rings. The zero-order chi connectivity index (χ0) is 38.7. The molecule has 0 atom stereocenters. The maximum absolute atomic E-state index is 2.25. The van der Waals surface area contributed by atoms with Gasteiger partial charge in [-0.15, -0.1) is 0 Å². The molecule has 0 saturated heterocycles. The van der Waals surface area contributed by atoms with Crippen LogP contribution in [0.2, 0.25) is 0 Å². The van der Waals surface area contributed by atoms with Gasteiger partial charge in [0.05, 0.1) is 0 Å². The topological polar surface area (TPSA) is 9.72 Å². The third-order valence-electron chi connectivity index (χ3n) is 9.13. The summed E-state index contributed by atoms with van der Waals surface area (Å²) in [6.45, 7) is 0. The Balaban J connectivity index is 0.000000145. The second-order valence-corrected chi connectivity index (χ2v) is 13.0. The van der Waals surface area contributed by atoms with E-state index in [1.807, 2.05) is 54.6 Å². The van der Waals surface area contributed by atoms with Gasteiger partial charge in [-0.25, -0.2) is 0 Å². The fourth-order valence-corrected chi connectivity index (χ4v) is 6.54. The van der Waals surface area contributed by atoms with Crippen LogP contribution in [0.25, 0.3) is 0 Å². The van der Waals surface area contributed by atoms with Gasteiger partial charge >= 0.3 is 0 Å². The Hall–Kier alpha value is -7.13. The molecule has 0 aromatic heterocycles. The zero-order valence-corrected chi connectivity index (χ0v) is 33.1. The first-order valence-electron chi connectivity index (χ1n) is 19.2. The van der Waals surface area contributed by atoms with E-state index < -0.39 is 0 Å². The molecule has 0 unspecified atom stereocenters. The maximum atomic E-state index is 2.25. The molecule has 3 nitrogen and oxygen atoms in total. The van der Waals surface area contributed by atoms with E-state index in [1.165, 1.54) is 51.2 Å². The van der Waals surface area contributed by atoms with E-state index in [4.69, 9.17) is 0 Å². The molecule has 0 radical (unpaired) electrons. The van der Waals surface area contributed by atoms with Crippen LogP contribution in [0.15, 0.2) is 273 Å². The molecular formula is C54H45N3Ni. The molecule has 0 N–H and O–H groups in total. The monoisotopic (exact) mass is 793 g/mol. The third kappa shape index (κ3) is 11.0. The minimum Gasteiger partial charge on any atom is -0.311 e. The molecule has 0 fully saturated rings. The van der Waals surface area contributed by atoms with Crippen molar-refractivity contribution in [2.75, 3.05) is 14.7 Å². The van der Waals surface area contributed by atoms with Gasteiger partial charge in [0.25, 0.3) is 0 Å². The standard InChI is InChI=1S/3C18H15N.Ni/c3*1-4-10-16(11-5-1)19(17-12-6-2-7-13-17)18-14-8-3-9-15-18;/h3*1-15H;. The van der Waals surface area contributed by atoms with Crippen molar-refractivity contribution in [2.24, 2.45) is 0 Å². The molecule has 0 heterocycles. The van der Waals surface area contributed by atoms with Crippen LogP contribution in [0, 0.1) is 0 Å². The summed E-state index contributed by atoms with van der Waals surface area (Å²) in [6.07, 6.45) is 0. The molecule has 0 amide bonds. The number of nitrogens with zero attached hydrogens (tertiary/aromatic N) is 3. The molecule has 0 aliphatic heterocycles. The summed E-state index contributed by atoms with van der Waals surface area (Å²) in [4.78, 5) is 6.75. The van der Waals surface area contributed by atoms with Crippen LogP contribution in [0.3, 0.4) is 0 Å². The van der Waals surface area contributed by atoms with Crippen molar-refractivity contribution < 1.29 is 16.5 Å². The molecule has 0 bridgehead atoms. The van der Waals surface area contributed by atoms with Gasteiger partial charge in [0.1, 0.15) is 0 Å². The summed E-state index contributed by atoms with van der Waals surface area (Å²) < 4.78 is 0. The van der Waals surface area contributed by atoms with Crippen molar-refractivity contribution in [3.63, 3.8) is 0 Å². The Kier molecular flexibility index (Phi) is 15.3. The van der Waals surface area contributed by atoms with Gasteiger partial charge in [-0.1, -0.05) is 164 Å². The molecule has 0 spiro atoms. The van der Waals surface area contributed by atoms with E-state index in [0.29, 0.717) is 0 Å². The molecule has 9 rings (SSSR count). The Morgan fingerprint density at radius 2 is 0.224 bits per heavy atom. The summed E-state index contributed by atoms with van der Waals surface area (Å²) in [5.74, 6) is 0. The fourth-order valence-electron chi connectivity index (χ4n) is 6.54. The van der Waals surface area contributed by atoms with Crippen LogP contribution in [0.1, 0.15) is 0 Å². The molecule has 9 aromatic rings. The van der Waals surface area contributed by atoms with Gasteiger partial charge in [0.2, 0.25) is 0 Å². The third-order valence-corrected chi connectivity index (χ3v) is 9.13. The average molecular weight is 795 g/mol. The minimum absolute atomic E-state index is 0. The van der Waals surface area contributed by atoms with E-state index in [1.54, 1.807) is 0 Å². The molecule has 286 valence electrons. The smallest absolute Gasteiger partial charge is 0.0461 e. The van der Waals surface area contributed by atoms with Crippen LogP contribution in [0.5, 0.6) is 0 Å². The van der Waals surface area contributed by atoms with Crippen molar-refractivity contribution in [1.82, 2.24) is 0 Å². The van der Waals surface area contributed by atoms with Gasteiger partial charge in [-0.3, -0.25) is 0 Å². The largest absolute Gasteiger partial charge is 0.311 e. The summed E-state index contributed by atoms with van der Waals surface area (Å²) in [6, 6.07) is 93.8. The number of rotatable bonds is 9. The van der Waals surface area contributed by atoms with E-state index in [-0.39, 0.29) is 16.5 Å². The molecule has 0 aliphatic carbocycles. The van der Waals surface area contributed by atoms with Crippen LogP contribution in [-0.2, 0) is 16.5 Å². The number of hydrogen-bond acceptors (Lipinski definition) is 3. The van der Waals surface area contributed by atoms with Crippen molar-refractivity contribution in [3.05, 3.63) is 273 Å². The van der Waals surface area contributed by atoms with Crippen LogP contribution < -0.4 is 14.7 Å². The molecule has 4 heteroatoms. The van der Waals surface area contributed by atoms with E-state index in [9.17, 15) is 0 Å². The van der Waals surface area contributed by atoms with Gasteiger partial charge in [0, 0.05) is 67.7 Å². The van der Waals surface area contributed by atoms with E-state index >= 15 is 0 Å². The van der Waals surface area contributed by atoms with Crippen LogP contribution in [-0.4, -0.2) is 0 Å². The second kappa shape index (κ2) is 21.8. The normalized spacial score (nSPS) is 9.93. The van der Waals surface area contributed by atoms with Crippen molar-refractivity contribution in [1.29, 1.82) is 0 Å². The van der Waals surface area contributed by atoms with Crippen LogP contribution in [0.4, 0.5) is 51.2 Å². The molecule has 58 heavy (non-hydrogen) atoms. The average Bonchev–Trinajstić information content (AvgIpc) is 3.30. The minimum atomic E-state index is 0. The van der Waals surface area contributed by atoms with Crippen molar-refractivity contribution >= 4 is 51.2 Å². The number of para-hydroxylation sites is 9. The van der Waals surface area contributed by atoms with Gasteiger partial charge in [0.15, 0.2) is 0 Å². The Morgan fingerprint density at radius 3 is 0.310 bits per heavy atom. The van der Waals surface area contributed by atoms with Crippen LogP contribution >= 0.6 is 0 Å². The predicted molar refractivity (Wildman–Crippen MR) is 243 cm³/mol. The zero-order valence-electron chi connectivity index (χ0n) is 32.1. The number of hydrogen-bond donors (Lipinski definition) is 0. The summed E-state index contributed by atoms with van der Waals surface area (Å²) in [7, 11) is 0. The SMILES string of the molecule is [Ni].c1ccc(N(c2ccccc2)c2ccccc2)cc1.c1ccc(N(c2ccccc2)c2ccccc2)cc1.c1ccc(N(c2ccccc2)c2ccccc2)cc1. The Bertz CT molecular complexity index is 1860. The molecule has 0 saturated carbocycles.